The number of epoxide rings is 2. The molecule has 0 spiro atoms. The molecule has 2 fully saturated rings. The summed E-state index contributed by atoms with van der Waals surface area (Å²) in [5.41, 5.74) is 0. The van der Waals surface area contributed by atoms with E-state index < -0.39 is 0 Å². The molecule has 2 aliphatic rings. The quantitative estimate of drug-likeness (QED) is 0.462. The Morgan fingerprint density at radius 1 is 1.05 bits per heavy atom. The van der Waals surface area contributed by atoms with Crippen LogP contribution in [0.5, 0.6) is 0 Å². The van der Waals surface area contributed by atoms with Crippen LogP contribution in [0.3, 0.4) is 0 Å². The van der Waals surface area contributed by atoms with Crippen molar-refractivity contribution in [2.45, 2.75) is 57.3 Å². The molecule has 19 heavy (non-hydrogen) atoms. The van der Waals surface area contributed by atoms with Crippen LogP contribution in [-0.4, -0.2) is 61.6 Å². The summed E-state index contributed by atoms with van der Waals surface area (Å²) < 4.78 is 15.1. The van der Waals surface area contributed by atoms with Crippen molar-refractivity contribution in [2.75, 3.05) is 33.0 Å². The summed E-state index contributed by atoms with van der Waals surface area (Å²) in [5, 5.41) is 17.3. The molecule has 2 heterocycles. The van der Waals surface area contributed by atoms with Crippen molar-refractivity contribution in [1.29, 1.82) is 0 Å². The van der Waals surface area contributed by atoms with Crippen molar-refractivity contribution in [3.8, 4) is 0 Å². The molecule has 0 saturated carbocycles. The van der Waals surface area contributed by atoms with E-state index in [2.05, 4.69) is 0 Å². The fourth-order valence-electron chi connectivity index (χ4n) is 1.56. The SMILES string of the molecule is C(OCC1CO1)C1CO1.CC(O)CCCCCCO. The van der Waals surface area contributed by atoms with E-state index in [1.54, 1.807) is 0 Å². The molecular weight excluding hydrogens is 248 g/mol. The molecule has 0 aromatic carbocycles. The Balaban J connectivity index is 0.000000190. The van der Waals surface area contributed by atoms with Crippen LogP contribution in [0.25, 0.3) is 0 Å². The Labute approximate surface area is 115 Å². The lowest BCUT2D eigenvalue weighted by Crippen LogP contribution is -2.06. The third-order valence-electron chi connectivity index (χ3n) is 2.94. The predicted molar refractivity (Wildman–Crippen MR) is 72.2 cm³/mol. The van der Waals surface area contributed by atoms with E-state index in [1.165, 1.54) is 0 Å². The summed E-state index contributed by atoms with van der Waals surface area (Å²) in [6.45, 7) is 5.37. The van der Waals surface area contributed by atoms with E-state index >= 15 is 0 Å². The maximum Gasteiger partial charge on any atom is 0.104 e. The molecule has 2 rings (SSSR count). The van der Waals surface area contributed by atoms with Gasteiger partial charge in [0.2, 0.25) is 0 Å². The molecule has 2 aliphatic heterocycles. The highest BCUT2D eigenvalue weighted by Gasteiger charge is 2.26. The molecule has 0 amide bonds. The van der Waals surface area contributed by atoms with Crippen LogP contribution in [0.15, 0.2) is 0 Å². The Kier molecular flexibility index (Phi) is 9.38. The molecule has 2 saturated heterocycles. The molecule has 0 bridgehead atoms. The van der Waals surface area contributed by atoms with Crippen molar-refractivity contribution in [3.63, 3.8) is 0 Å². The lowest BCUT2D eigenvalue weighted by molar-refractivity contribution is 0.102. The fourth-order valence-corrected chi connectivity index (χ4v) is 1.56. The number of aliphatic hydroxyl groups excluding tert-OH is 2. The minimum absolute atomic E-state index is 0.158. The van der Waals surface area contributed by atoms with E-state index in [0.717, 1.165) is 58.5 Å². The molecule has 3 unspecified atom stereocenters. The van der Waals surface area contributed by atoms with Gasteiger partial charge in [0.15, 0.2) is 0 Å². The standard InChI is InChI=1S/C8H18O2.C6H10O3/c1-8(10)6-4-2-3-5-7-9;1(5-3-8-5)7-2-6-4-9-6/h8-10H,2-7H2,1H3;5-6H,1-4H2. The number of aliphatic hydroxyl groups is 2. The van der Waals surface area contributed by atoms with Gasteiger partial charge in [0, 0.05) is 6.61 Å². The van der Waals surface area contributed by atoms with Crippen LogP contribution < -0.4 is 0 Å². The molecule has 5 heteroatoms. The summed E-state index contributed by atoms with van der Waals surface area (Å²) in [6, 6.07) is 0. The van der Waals surface area contributed by atoms with Crippen molar-refractivity contribution in [1.82, 2.24) is 0 Å². The second kappa shape index (κ2) is 10.6. The van der Waals surface area contributed by atoms with Crippen molar-refractivity contribution >= 4 is 0 Å². The summed E-state index contributed by atoms with van der Waals surface area (Å²) >= 11 is 0. The average molecular weight is 276 g/mol. The van der Waals surface area contributed by atoms with Gasteiger partial charge >= 0.3 is 0 Å². The number of hydrogen-bond acceptors (Lipinski definition) is 5. The molecule has 0 aromatic rings. The molecular formula is C14H28O5. The molecule has 5 nitrogen and oxygen atoms in total. The van der Waals surface area contributed by atoms with E-state index in [-0.39, 0.29) is 6.10 Å². The zero-order valence-electron chi connectivity index (χ0n) is 11.9. The van der Waals surface area contributed by atoms with Gasteiger partial charge in [-0.05, 0) is 19.8 Å². The van der Waals surface area contributed by atoms with Crippen molar-refractivity contribution in [2.24, 2.45) is 0 Å². The zero-order chi connectivity index (χ0) is 13.9. The van der Waals surface area contributed by atoms with Crippen molar-refractivity contribution in [3.05, 3.63) is 0 Å². The largest absolute Gasteiger partial charge is 0.396 e. The van der Waals surface area contributed by atoms with Gasteiger partial charge in [-0.15, -0.1) is 0 Å². The van der Waals surface area contributed by atoms with Crippen LogP contribution >= 0.6 is 0 Å². The van der Waals surface area contributed by atoms with Crippen molar-refractivity contribution < 1.29 is 24.4 Å². The predicted octanol–water partition coefficient (Wildman–Crippen LogP) is 1.11. The van der Waals surface area contributed by atoms with Crippen LogP contribution in [-0.2, 0) is 14.2 Å². The van der Waals surface area contributed by atoms with Gasteiger partial charge in [0.1, 0.15) is 12.2 Å². The summed E-state index contributed by atoms with van der Waals surface area (Å²) in [5.74, 6) is 0. The first-order valence-corrected chi connectivity index (χ1v) is 7.32. The van der Waals surface area contributed by atoms with Crippen LogP contribution in [0.4, 0.5) is 0 Å². The van der Waals surface area contributed by atoms with Gasteiger partial charge in [-0.3, -0.25) is 0 Å². The number of hydrogen-bond donors (Lipinski definition) is 2. The van der Waals surface area contributed by atoms with Crippen LogP contribution in [0.1, 0.15) is 39.0 Å². The average Bonchev–Trinajstić information content (AvgIpc) is 3.24. The third kappa shape index (κ3) is 12.6. The highest BCUT2D eigenvalue weighted by Crippen LogP contribution is 2.12. The normalized spacial score (nSPS) is 25.4. The monoisotopic (exact) mass is 276 g/mol. The highest BCUT2D eigenvalue weighted by molar-refractivity contribution is 4.71. The summed E-state index contributed by atoms with van der Waals surface area (Å²) in [4.78, 5) is 0. The second-order valence-corrected chi connectivity index (χ2v) is 5.22. The lowest BCUT2D eigenvalue weighted by Gasteiger charge is -2.01. The molecule has 0 radical (unpaired) electrons. The Hall–Kier alpha value is -0.200. The highest BCUT2D eigenvalue weighted by atomic mass is 16.6. The first kappa shape index (κ1) is 16.9. The zero-order valence-corrected chi connectivity index (χ0v) is 11.9. The molecule has 114 valence electrons. The van der Waals surface area contributed by atoms with Gasteiger partial charge in [0.05, 0.1) is 32.5 Å². The van der Waals surface area contributed by atoms with Gasteiger partial charge in [-0.25, -0.2) is 0 Å². The maximum atomic E-state index is 8.86. The van der Waals surface area contributed by atoms with E-state index in [4.69, 9.17) is 24.4 Å². The minimum atomic E-state index is -0.158. The smallest absolute Gasteiger partial charge is 0.104 e. The Morgan fingerprint density at radius 3 is 2.00 bits per heavy atom. The van der Waals surface area contributed by atoms with Gasteiger partial charge < -0.3 is 24.4 Å². The van der Waals surface area contributed by atoms with Crippen LogP contribution in [0, 0.1) is 0 Å². The summed E-state index contributed by atoms with van der Waals surface area (Å²) in [6.07, 6.45) is 5.72. The number of ether oxygens (including phenoxy) is 3. The second-order valence-electron chi connectivity index (χ2n) is 5.22. The number of rotatable bonds is 10. The van der Waals surface area contributed by atoms with E-state index in [1.807, 2.05) is 6.92 Å². The Bertz CT molecular complexity index is 190. The minimum Gasteiger partial charge on any atom is -0.396 e. The molecule has 3 atom stereocenters. The Morgan fingerprint density at radius 2 is 1.58 bits per heavy atom. The van der Waals surface area contributed by atoms with Gasteiger partial charge in [0.25, 0.3) is 0 Å². The maximum absolute atomic E-state index is 8.86. The van der Waals surface area contributed by atoms with Crippen LogP contribution in [0.2, 0.25) is 0 Å². The summed E-state index contributed by atoms with van der Waals surface area (Å²) in [7, 11) is 0. The fraction of sp³-hybridized carbons (Fsp3) is 1.00. The third-order valence-corrected chi connectivity index (χ3v) is 2.94. The van der Waals surface area contributed by atoms with Gasteiger partial charge in [-0.2, -0.15) is 0 Å². The number of unbranched alkanes of at least 4 members (excludes halogenated alkanes) is 3. The molecule has 0 aromatic heterocycles. The topological polar surface area (TPSA) is 74.8 Å². The first-order chi connectivity index (χ1) is 9.22. The van der Waals surface area contributed by atoms with E-state index in [9.17, 15) is 0 Å². The van der Waals surface area contributed by atoms with E-state index in [0.29, 0.717) is 18.8 Å². The first-order valence-electron chi connectivity index (χ1n) is 7.32. The van der Waals surface area contributed by atoms with Gasteiger partial charge in [-0.1, -0.05) is 19.3 Å². The molecule has 0 aliphatic carbocycles. The molecule has 2 N–H and O–H groups in total. The lowest BCUT2D eigenvalue weighted by atomic mass is 10.1.